The Bertz CT molecular complexity index is 553. The maximum Gasteiger partial charge on any atom is 0.345 e. The molecule has 2 N–H and O–H groups in total. The van der Waals surface area contributed by atoms with Gasteiger partial charge in [-0.2, -0.15) is 0 Å². The highest BCUT2D eigenvalue weighted by molar-refractivity contribution is 9.10. The number of hydrogen-bond acceptors (Lipinski definition) is 3. The molecule has 0 unspecified atom stereocenters. The molecular weight excluding hydrogens is 314 g/mol. The molecule has 0 radical (unpaired) electrons. The zero-order valence-corrected chi connectivity index (χ0v) is 11.9. The first-order valence-corrected chi connectivity index (χ1v) is 7.04. The van der Waals surface area contributed by atoms with Crippen molar-refractivity contribution < 1.29 is 9.90 Å². The number of hydrogen-bond donors (Lipinski definition) is 2. The number of aromatic carboxylic acids is 1. The second kappa shape index (κ2) is 6.13. The highest BCUT2D eigenvalue weighted by atomic mass is 79.9. The van der Waals surface area contributed by atoms with Crippen LogP contribution in [0.1, 0.15) is 20.1 Å². The summed E-state index contributed by atoms with van der Waals surface area (Å²) in [5, 5.41) is 12.1. The lowest BCUT2D eigenvalue weighted by Gasteiger charge is -2.05. The summed E-state index contributed by atoms with van der Waals surface area (Å²) in [6.07, 6.45) is 0. The fraction of sp³-hybridized carbons (Fsp3) is 0.154. The van der Waals surface area contributed by atoms with Crippen molar-refractivity contribution in [1.29, 1.82) is 0 Å². The van der Waals surface area contributed by atoms with Gasteiger partial charge in [0.25, 0.3) is 0 Å². The average molecular weight is 326 g/mol. The summed E-state index contributed by atoms with van der Waals surface area (Å²) in [5.74, 6) is -0.864. The van der Waals surface area contributed by atoms with E-state index >= 15 is 0 Å². The Hall–Kier alpha value is -1.17. The molecule has 0 fully saturated rings. The summed E-state index contributed by atoms with van der Waals surface area (Å²) in [6.45, 7) is 1.43. The quantitative estimate of drug-likeness (QED) is 0.884. The minimum absolute atomic E-state index is 0.382. The number of rotatable bonds is 5. The van der Waals surface area contributed by atoms with Crippen LogP contribution in [0, 0.1) is 0 Å². The first kappa shape index (κ1) is 13.3. The standard InChI is InChI=1S/C13H12BrNO2S/c14-11-4-2-1-3-9(11)7-15-8-10-5-6-12(18-10)13(16)17/h1-6,15H,7-8H2,(H,16,17). The number of benzene rings is 1. The molecule has 0 spiro atoms. The summed E-state index contributed by atoms with van der Waals surface area (Å²) in [4.78, 5) is 12.1. The van der Waals surface area contributed by atoms with Gasteiger partial charge in [-0.25, -0.2) is 4.79 Å². The van der Waals surface area contributed by atoms with Gasteiger partial charge in [-0.1, -0.05) is 34.1 Å². The van der Waals surface area contributed by atoms with Gasteiger partial charge in [0.05, 0.1) is 0 Å². The lowest BCUT2D eigenvalue weighted by atomic mass is 10.2. The van der Waals surface area contributed by atoms with Crippen molar-refractivity contribution in [1.82, 2.24) is 5.32 Å². The summed E-state index contributed by atoms with van der Waals surface area (Å²) in [5.41, 5.74) is 1.19. The van der Waals surface area contributed by atoms with E-state index in [0.717, 1.165) is 15.9 Å². The third-order valence-corrected chi connectivity index (χ3v) is 4.29. The summed E-state index contributed by atoms with van der Waals surface area (Å²) >= 11 is 4.80. The zero-order valence-electron chi connectivity index (χ0n) is 9.52. The largest absolute Gasteiger partial charge is 0.477 e. The van der Waals surface area contributed by atoms with Gasteiger partial charge in [0.1, 0.15) is 4.88 Å². The summed E-state index contributed by atoms with van der Waals surface area (Å²) < 4.78 is 1.08. The van der Waals surface area contributed by atoms with Crippen molar-refractivity contribution in [3.63, 3.8) is 0 Å². The molecule has 2 aromatic rings. The third-order valence-electron chi connectivity index (χ3n) is 2.44. The molecule has 94 valence electrons. The Labute approximate surface area is 118 Å². The molecule has 1 heterocycles. The molecule has 3 nitrogen and oxygen atoms in total. The second-order valence-electron chi connectivity index (χ2n) is 3.77. The highest BCUT2D eigenvalue weighted by Gasteiger charge is 2.06. The summed E-state index contributed by atoms with van der Waals surface area (Å²) in [7, 11) is 0. The van der Waals surface area contributed by atoms with Crippen LogP contribution in [-0.2, 0) is 13.1 Å². The smallest absolute Gasteiger partial charge is 0.345 e. The van der Waals surface area contributed by atoms with Crippen LogP contribution >= 0.6 is 27.3 Å². The van der Waals surface area contributed by atoms with Crippen molar-refractivity contribution in [3.8, 4) is 0 Å². The lowest BCUT2D eigenvalue weighted by Crippen LogP contribution is -2.12. The van der Waals surface area contributed by atoms with Gasteiger partial charge in [0.2, 0.25) is 0 Å². The van der Waals surface area contributed by atoms with Gasteiger partial charge in [0.15, 0.2) is 0 Å². The Balaban J connectivity index is 1.88. The SMILES string of the molecule is O=C(O)c1ccc(CNCc2ccccc2Br)s1. The van der Waals surface area contributed by atoms with Crippen LogP contribution in [0.4, 0.5) is 0 Å². The van der Waals surface area contributed by atoms with Gasteiger partial charge in [-0.15, -0.1) is 11.3 Å². The van der Waals surface area contributed by atoms with E-state index in [4.69, 9.17) is 5.11 Å². The molecule has 18 heavy (non-hydrogen) atoms. The number of nitrogens with one attached hydrogen (secondary N) is 1. The molecular formula is C13H12BrNO2S. The predicted molar refractivity (Wildman–Crippen MR) is 76.0 cm³/mol. The van der Waals surface area contributed by atoms with Crippen LogP contribution in [0.5, 0.6) is 0 Å². The first-order chi connectivity index (χ1) is 8.66. The average Bonchev–Trinajstić information content (AvgIpc) is 2.80. The Kier molecular flexibility index (Phi) is 4.52. The van der Waals surface area contributed by atoms with Crippen LogP contribution in [0.25, 0.3) is 0 Å². The Morgan fingerprint density at radius 1 is 1.22 bits per heavy atom. The van der Waals surface area contributed by atoms with E-state index in [9.17, 15) is 4.79 Å². The van der Waals surface area contributed by atoms with Gasteiger partial charge in [0, 0.05) is 22.4 Å². The van der Waals surface area contributed by atoms with Gasteiger partial charge in [-0.3, -0.25) is 0 Å². The van der Waals surface area contributed by atoms with E-state index in [2.05, 4.69) is 21.2 Å². The highest BCUT2D eigenvalue weighted by Crippen LogP contribution is 2.18. The minimum atomic E-state index is -0.864. The Morgan fingerprint density at radius 2 is 2.00 bits per heavy atom. The third kappa shape index (κ3) is 3.41. The molecule has 0 saturated heterocycles. The van der Waals surface area contributed by atoms with Gasteiger partial charge >= 0.3 is 5.97 Å². The van der Waals surface area contributed by atoms with Crippen molar-refractivity contribution in [3.05, 3.63) is 56.2 Å². The maximum atomic E-state index is 10.7. The maximum absolute atomic E-state index is 10.7. The van der Waals surface area contributed by atoms with Crippen LogP contribution < -0.4 is 5.32 Å². The van der Waals surface area contributed by atoms with Crippen LogP contribution in [-0.4, -0.2) is 11.1 Å². The van der Waals surface area contributed by atoms with E-state index in [1.165, 1.54) is 16.9 Å². The molecule has 0 aliphatic rings. The molecule has 0 aliphatic heterocycles. The fourth-order valence-corrected chi connectivity index (χ4v) is 2.79. The van der Waals surface area contributed by atoms with E-state index in [1.54, 1.807) is 6.07 Å². The van der Waals surface area contributed by atoms with Crippen LogP contribution in [0.15, 0.2) is 40.9 Å². The molecule has 5 heteroatoms. The van der Waals surface area contributed by atoms with Gasteiger partial charge < -0.3 is 10.4 Å². The van der Waals surface area contributed by atoms with Crippen molar-refractivity contribution >= 4 is 33.2 Å². The van der Waals surface area contributed by atoms with Crippen molar-refractivity contribution in [2.75, 3.05) is 0 Å². The zero-order chi connectivity index (χ0) is 13.0. The first-order valence-electron chi connectivity index (χ1n) is 5.43. The minimum Gasteiger partial charge on any atom is -0.477 e. The molecule has 1 aromatic heterocycles. The van der Waals surface area contributed by atoms with Gasteiger partial charge in [-0.05, 0) is 23.8 Å². The molecule has 0 saturated carbocycles. The molecule has 2 rings (SSSR count). The lowest BCUT2D eigenvalue weighted by molar-refractivity contribution is 0.0702. The van der Waals surface area contributed by atoms with Crippen LogP contribution in [0.2, 0.25) is 0 Å². The number of carboxylic acids is 1. The van der Waals surface area contributed by atoms with E-state index in [-0.39, 0.29) is 0 Å². The topological polar surface area (TPSA) is 49.3 Å². The molecule has 0 atom stereocenters. The predicted octanol–water partition coefficient (Wildman–Crippen LogP) is 3.50. The van der Waals surface area contributed by atoms with E-state index in [1.807, 2.05) is 30.3 Å². The fourth-order valence-electron chi connectivity index (χ4n) is 1.55. The molecule has 0 bridgehead atoms. The molecule has 0 amide bonds. The number of carboxylic acid groups (broad SMARTS) is 1. The summed E-state index contributed by atoms with van der Waals surface area (Å²) in [6, 6.07) is 11.5. The van der Waals surface area contributed by atoms with E-state index in [0.29, 0.717) is 11.4 Å². The monoisotopic (exact) mass is 325 g/mol. The second-order valence-corrected chi connectivity index (χ2v) is 5.79. The normalized spacial score (nSPS) is 10.5. The molecule has 1 aromatic carbocycles. The van der Waals surface area contributed by atoms with Crippen molar-refractivity contribution in [2.45, 2.75) is 13.1 Å². The van der Waals surface area contributed by atoms with Crippen molar-refractivity contribution in [2.24, 2.45) is 0 Å². The number of carbonyl (C=O) groups is 1. The Morgan fingerprint density at radius 3 is 2.67 bits per heavy atom. The number of halogens is 1. The number of thiophene rings is 1. The molecule has 0 aliphatic carbocycles. The van der Waals surface area contributed by atoms with Crippen LogP contribution in [0.3, 0.4) is 0 Å². The van der Waals surface area contributed by atoms with E-state index < -0.39 is 5.97 Å².